The maximum absolute atomic E-state index is 11.7. The molecule has 2 N–H and O–H groups in total. The molecule has 0 spiro atoms. The number of carbonyl (C=O) groups is 1. The maximum atomic E-state index is 11.7. The minimum atomic E-state index is 0.249. The second-order valence-corrected chi connectivity index (χ2v) is 5.63. The Hall–Kier alpha value is -0.610. The quantitative estimate of drug-likeness (QED) is 0.711. The molecular formula is C12H23N3O. The zero-order valence-electron chi connectivity index (χ0n) is 10.4. The number of amides is 1. The van der Waals surface area contributed by atoms with Crippen LogP contribution in [0.5, 0.6) is 0 Å². The molecule has 92 valence electrons. The van der Waals surface area contributed by atoms with Crippen LogP contribution in [0.25, 0.3) is 0 Å². The van der Waals surface area contributed by atoms with Gasteiger partial charge in [-0.05, 0) is 11.8 Å². The van der Waals surface area contributed by atoms with Crippen LogP contribution in [0.1, 0.15) is 20.3 Å². The van der Waals surface area contributed by atoms with E-state index < -0.39 is 0 Å². The van der Waals surface area contributed by atoms with Gasteiger partial charge in [0.1, 0.15) is 0 Å². The number of hydrogen-bond acceptors (Lipinski definition) is 3. The lowest BCUT2D eigenvalue weighted by Crippen LogP contribution is -2.46. The van der Waals surface area contributed by atoms with Gasteiger partial charge in [0, 0.05) is 45.2 Å². The third-order valence-electron chi connectivity index (χ3n) is 3.77. The van der Waals surface area contributed by atoms with Crippen LogP contribution in [0, 0.1) is 11.3 Å². The van der Waals surface area contributed by atoms with Crippen LogP contribution < -0.4 is 10.6 Å². The van der Waals surface area contributed by atoms with Crippen LogP contribution in [-0.4, -0.2) is 50.1 Å². The number of rotatable bonds is 4. The van der Waals surface area contributed by atoms with Crippen molar-refractivity contribution in [2.24, 2.45) is 11.3 Å². The Labute approximate surface area is 97.8 Å². The molecule has 1 aliphatic carbocycles. The summed E-state index contributed by atoms with van der Waals surface area (Å²) in [6.45, 7) is 10.5. The lowest BCUT2D eigenvalue weighted by molar-refractivity contribution is -0.123. The zero-order valence-corrected chi connectivity index (χ0v) is 10.4. The Morgan fingerprint density at radius 2 is 2.06 bits per heavy atom. The van der Waals surface area contributed by atoms with Crippen molar-refractivity contribution in [2.45, 2.75) is 20.3 Å². The molecule has 1 saturated heterocycles. The van der Waals surface area contributed by atoms with Gasteiger partial charge in [0.15, 0.2) is 0 Å². The van der Waals surface area contributed by atoms with Gasteiger partial charge in [-0.1, -0.05) is 13.8 Å². The van der Waals surface area contributed by atoms with Gasteiger partial charge in [0.2, 0.25) is 5.91 Å². The highest BCUT2D eigenvalue weighted by Gasteiger charge is 2.50. The number of nitrogens with zero attached hydrogens (tertiary/aromatic N) is 1. The molecule has 1 atom stereocenters. The van der Waals surface area contributed by atoms with Crippen LogP contribution in [0.15, 0.2) is 0 Å². The van der Waals surface area contributed by atoms with E-state index in [4.69, 9.17) is 0 Å². The zero-order chi connectivity index (χ0) is 11.6. The molecule has 4 heteroatoms. The van der Waals surface area contributed by atoms with Gasteiger partial charge in [0.05, 0.1) is 0 Å². The van der Waals surface area contributed by atoms with Crippen LogP contribution >= 0.6 is 0 Å². The average Bonchev–Trinajstić information content (AvgIpc) is 2.89. The Morgan fingerprint density at radius 3 is 2.62 bits per heavy atom. The fraction of sp³-hybridized carbons (Fsp3) is 0.917. The predicted octanol–water partition coefficient (Wildman–Crippen LogP) is 0.0539. The van der Waals surface area contributed by atoms with E-state index in [1.807, 2.05) is 0 Å². The molecule has 1 amide bonds. The molecule has 0 aromatic heterocycles. The maximum Gasteiger partial charge on any atom is 0.223 e. The summed E-state index contributed by atoms with van der Waals surface area (Å²) >= 11 is 0. The van der Waals surface area contributed by atoms with Crippen molar-refractivity contribution < 1.29 is 4.79 Å². The highest BCUT2D eigenvalue weighted by molar-refractivity contribution is 5.82. The molecule has 0 aromatic rings. The van der Waals surface area contributed by atoms with Crippen molar-refractivity contribution in [1.29, 1.82) is 0 Å². The third kappa shape index (κ3) is 2.95. The Morgan fingerprint density at radius 1 is 1.44 bits per heavy atom. The summed E-state index contributed by atoms with van der Waals surface area (Å²) in [5.41, 5.74) is 0.249. The van der Waals surface area contributed by atoms with Gasteiger partial charge in [0.25, 0.3) is 0 Å². The second kappa shape index (κ2) is 4.72. The molecule has 1 unspecified atom stereocenters. The van der Waals surface area contributed by atoms with E-state index >= 15 is 0 Å². The van der Waals surface area contributed by atoms with Crippen molar-refractivity contribution in [3.8, 4) is 0 Å². The first kappa shape index (κ1) is 11.9. The van der Waals surface area contributed by atoms with E-state index in [9.17, 15) is 4.79 Å². The largest absolute Gasteiger partial charge is 0.355 e. The van der Waals surface area contributed by atoms with Crippen molar-refractivity contribution in [3.05, 3.63) is 0 Å². The summed E-state index contributed by atoms with van der Waals surface area (Å²) in [5.74, 6) is 0.510. The lowest BCUT2D eigenvalue weighted by atomic mass is 10.1. The molecule has 2 rings (SSSR count). The Bertz CT molecular complexity index is 259. The van der Waals surface area contributed by atoms with E-state index in [1.165, 1.54) is 0 Å². The molecule has 16 heavy (non-hydrogen) atoms. The number of piperazine rings is 1. The van der Waals surface area contributed by atoms with Crippen molar-refractivity contribution in [1.82, 2.24) is 15.5 Å². The van der Waals surface area contributed by atoms with Crippen LogP contribution in [0.2, 0.25) is 0 Å². The highest BCUT2D eigenvalue weighted by Crippen LogP contribution is 2.51. The summed E-state index contributed by atoms with van der Waals surface area (Å²) in [6, 6.07) is 0. The summed E-state index contributed by atoms with van der Waals surface area (Å²) in [5, 5.41) is 6.37. The van der Waals surface area contributed by atoms with Gasteiger partial charge in [-0.15, -0.1) is 0 Å². The van der Waals surface area contributed by atoms with E-state index in [0.29, 0.717) is 0 Å². The second-order valence-electron chi connectivity index (χ2n) is 5.63. The number of nitrogens with one attached hydrogen (secondary N) is 2. The summed E-state index contributed by atoms with van der Waals surface area (Å²) in [4.78, 5) is 14.1. The molecule has 2 fully saturated rings. The lowest BCUT2D eigenvalue weighted by Gasteiger charge is -2.27. The monoisotopic (exact) mass is 225 g/mol. The summed E-state index contributed by atoms with van der Waals surface area (Å²) < 4.78 is 0. The summed E-state index contributed by atoms with van der Waals surface area (Å²) in [7, 11) is 0. The van der Waals surface area contributed by atoms with Crippen LogP contribution in [0.3, 0.4) is 0 Å². The molecule has 4 nitrogen and oxygen atoms in total. The third-order valence-corrected chi connectivity index (χ3v) is 3.77. The molecule has 1 saturated carbocycles. The highest BCUT2D eigenvalue weighted by atomic mass is 16.2. The molecule has 0 aromatic carbocycles. The van der Waals surface area contributed by atoms with E-state index in [2.05, 4.69) is 29.4 Å². The Kier molecular flexibility index (Phi) is 3.50. The standard InChI is InChI=1S/C12H23N3O/c1-12(2)9-10(12)11(16)14-5-8-15-6-3-13-4-7-15/h10,13H,3-9H2,1-2H3,(H,14,16). The smallest absolute Gasteiger partial charge is 0.223 e. The van der Waals surface area contributed by atoms with Crippen molar-refractivity contribution in [2.75, 3.05) is 39.3 Å². The van der Waals surface area contributed by atoms with Gasteiger partial charge in [-0.25, -0.2) is 0 Å². The van der Waals surface area contributed by atoms with E-state index in [-0.39, 0.29) is 17.2 Å². The van der Waals surface area contributed by atoms with Crippen molar-refractivity contribution in [3.63, 3.8) is 0 Å². The van der Waals surface area contributed by atoms with Gasteiger partial charge in [-0.2, -0.15) is 0 Å². The molecule has 1 heterocycles. The first-order valence-corrected chi connectivity index (χ1v) is 6.30. The SMILES string of the molecule is CC1(C)CC1C(=O)NCCN1CCNCC1. The summed E-state index contributed by atoms with van der Waals surface area (Å²) in [6.07, 6.45) is 1.05. The fourth-order valence-corrected chi connectivity index (χ4v) is 2.31. The molecule has 1 aliphatic heterocycles. The average molecular weight is 225 g/mol. The van der Waals surface area contributed by atoms with Crippen LogP contribution in [-0.2, 0) is 4.79 Å². The van der Waals surface area contributed by atoms with Crippen LogP contribution in [0.4, 0.5) is 0 Å². The van der Waals surface area contributed by atoms with E-state index in [1.54, 1.807) is 0 Å². The normalized spacial score (nSPS) is 28.8. The van der Waals surface area contributed by atoms with Crippen molar-refractivity contribution >= 4 is 5.91 Å². The predicted molar refractivity (Wildman–Crippen MR) is 64.2 cm³/mol. The Balaban J connectivity index is 1.59. The van der Waals surface area contributed by atoms with Gasteiger partial charge >= 0.3 is 0 Å². The minimum absolute atomic E-state index is 0.249. The first-order valence-electron chi connectivity index (χ1n) is 6.30. The topological polar surface area (TPSA) is 44.4 Å². The van der Waals surface area contributed by atoms with E-state index in [0.717, 1.165) is 45.7 Å². The molecular weight excluding hydrogens is 202 g/mol. The van der Waals surface area contributed by atoms with Gasteiger partial charge in [-0.3, -0.25) is 9.69 Å². The molecule has 0 radical (unpaired) electrons. The number of carbonyl (C=O) groups excluding carboxylic acids is 1. The number of hydrogen-bond donors (Lipinski definition) is 2. The fourth-order valence-electron chi connectivity index (χ4n) is 2.31. The molecule has 2 aliphatic rings. The molecule has 0 bridgehead atoms. The van der Waals surface area contributed by atoms with Gasteiger partial charge < -0.3 is 10.6 Å². The first-order chi connectivity index (χ1) is 7.59. The minimum Gasteiger partial charge on any atom is -0.355 e.